The zero-order valence-corrected chi connectivity index (χ0v) is 11.3. The van der Waals surface area contributed by atoms with Crippen molar-refractivity contribution in [3.05, 3.63) is 34.9 Å². The van der Waals surface area contributed by atoms with Crippen LogP contribution in [0.4, 0.5) is 0 Å². The van der Waals surface area contributed by atoms with Crippen LogP contribution in [0.1, 0.15) is 37.8 Å². The Morgan fingerprint density at radius 2 is 2.06 bits per heavy atom. The lowest BCUT2D eigenvalue weighted by Crippen LogP contribution is -2.34. The Bertz CT molecular complexity index is 414. The first-order valence-electron chi connectivity index (χ1n) is 6.36. The van der Waals surface area contributed by atoms with E-state index in [1.807, 2.05) is 31.2 Å². The average Bonchev–Trinajstić information content (AvgIpc) is 3.13. The van der Waals surface area contributed by atoms with Gasteiger partial charge in [-0.1, -0.05) is 23.7 Å². The third kappa shape index (κ3) is 3.72. The molecule has 0 heterocycles. The highest BCUT2D eigenvalue weighted by atomic mass is 35.5. The van der Waals surface area contributed by atoms with Gasteiger partial charge >= 0.3 is 0 Å². The number of halogens is 1. The van der Waals surface area contributed by atoms with Crippen LogP contribution in [0.15, 0.2) is 24.3 Å². The molecule has 4 heteroatoms. The molecule has 1 unspecified atom stereocenters. The van der Waals surface area contributed by atoms with Crippen molar-refractivity contribution in [2.24, 2.45) is 11.7 Å². The quantitative estimate of drug-likeness (QED) is 0.861. The molecule has 0 radical (unpaired) electrons. The van der Waals surface area contributed by atoms with Gasteiger partial charge in [-0.05, 0) is 43.4 Å². The molecule has 0 aromatic heterocycles. The molecule has 0 aliphatic heterocycles. The van der Waals surface area contributed by atoms with Gasteiger partial charge in [0.2, 0.25) is 5.91 Å². The first-order chi connectivity index (χ1) is 8.56. The summed E-state index contributed by atoms with van der Waals surface area (Å²) in [5.41, 5.74) is 6.98. The third-order valence-corrected chi connectivity index (χ3v) is 3.65. The van der Waals surface area contributed by atoms with E-state index >= 15 is 0 Å². The van der Waals surface area contributed by atoms with Crippen LogP contribution in [0.25, 0.3) is 0 Å². The van der Waals surface area contributed by atoms with E-state index in [9.17, 15) is 4.79 Å². The molecule has 3 nitrogen and oxygen atoms in total. The number of carbonyl (C=O) groups excluding carboxylic acids is 1. The fraction of sp³-hybridized carbons (Fsp3) is 0.500. The van der Waals surface area contributed by atoms with E-state index in [1.54, 1.807) is 0 Å². The van der Waals surface area contributed by atoms with Gasteiger partial charge in [0.1, 0.15) is 0 Å². The van der Waals surface area contributed by atoms with E-state index in [1.165, 1.54) is 12.8 Å². The highest BCUT2D eigenvalue weighted by Gasteiger charge is 2.29. The maximum atomic E-state index is 11.8. The molecule has 0 bridgehead atoms. The molecule has 1 fully saturated rings. The van der Waals surface area contributed by atoms with Crippen molar-refractivity contribution in [1.29, 1.82) is 0 Å². The highest BCUT2D eigenvalue weighted by Crippen LogP contribution is 2.32. The molecular formula is C14H19ClN2O. The Hall–Kier alpha value is -1.06. The number of hydrogen-bond acceptors (Lipinski definition) is 2. The number of amides is 1. The van der Waals surface area contributed by atoms with Crippen LogP contribution in [0.2, 0.25) is 5.02 Å². The van der Waals surface area contributed by atoms with Crippen LogP contribution in [-0.2, 0) is 4.79 Å². The zero-order chi connectivity index (χ0) is 13.1. The predicted molar refractivity (Wildman–Crippen MR) is 73.3 cm³/mol. The topological polar surface area (TPSA) is 55.1 Å². The van der Waals surface area contributed by atoms with Gasteiger partial charge < -0.3 is 11.1 Å². The van der Waals surface area contributed by atoms with E-state index in [2.05, 4.69) is 5.32 Å². The maximum Gasteiger partial charge on any atom is 0.222 e. The minimum absolute atomic E-state index is 0.0128. The molecule has 98 valence electrons. The van der Waals surface area contributed by atoms with Crippen LogP contribution in [0.5, 0.6) is 0 Å². The fourth-order valence-corrected chi connectivity index (χ4v) is 2.17. The fourth-order valence-electron chi connectivity index (χ4n) is 2.04. The smallest absolute Gasteiger partial charge is 0.222 e. The molecule has 1 aromatic rings. The maximum absolute atomic E-state index is 11.8. The molecule has 1 aliphatic carbocycles. The summed E-state index contributed by atoms with van der Waals surface area (Å²) in [5.74, 6) is 0.582. The standard InChI is InChI=1S/C14H19ClN2O/c1-9(10-4-6-12(15)7-5-10)17-14(18)8-13(16)11-2-3-11/h4-7,9,11,13H,2-3,8,16H2,1H3,(H,17,18)/t9-,13?/m0/s1. The van der Waals surface area contributed by atoms with Crippen molar-refractivity contribution in [3.8, 4) is 0 Å². The monoisotopic (exact) mass is 266 g/mol. The van der Waals surface area contributed by atoms with E-state index < -0.39 is 0 Å². The number of carbonyl (C=O) groups is 1. The molecule has 18 heavy (non-hydrogen) atoms. The Morgan fingerprint density at radius 1 is 1.44 bits per heavy atom. The molecular weight excluding hydrogens is 248 g/mol. The Labute approximate surface area is 113 Å². The Kier molecular flexibility index (Phi) is 4.25. The van der Waals surface area contributed by atoms with E-state index in [0.29, 0.717) is 17.4 Å². The second-order valence-electron chi connectivity index (χ2n) is 5.05. The van der Waals surface area contributed by atoms with E-state index in [-0.39, 0.29) is 18.0 Å². The normalized spacial score (nSPS) is 18.2. The molecule has 0 spiro atoms. The van der Waals surface area contributed by atoms with Crippen molar-refractivity contribution in [1.82, 2.24) is 5.32 Å². The Balaban J connectivity index is 1.84. The lowest BCUT2D eigenvalue weighted by molar-refractivity contribution is -0.122. The second kappa shape index (κ2) is 5.72. The molecule has 2 rings (SSSR count). The van der Waals surface area contributed by atoms with Crippen molar-refractivity contribution >= 4 is 17.5 Å². The van der Waals surface area contributed by atoms with Crippen LogP contribution >= 0.6 is 11.6 Å². The molecule has 0 saturated heterocycles. The van der Waals surface area contributed by atoms with Crippen molar-refractivity contribution in [2.45, 2.75) is 38.3 Å². The van der Waals surface area contributed by atoms with Crippen molar-refractivity contribution < 1.29 is 4.79 Å². The minimum Gasteiger partial charge on any atom is -0.350 e. The molecule has 1 amide bonds. The Morgan fingerprint density at radius 3 is 2.61 bits per heavy atom. The zero-order valence-electron chi connectivity index (χ0n) is 10.5. The lowest BCUT2D eigenvalue weighted by Gasteiger charge is -2.16. The molecule has 3 N–H and O–H groups in total. The molecule has 1 aromatic carbocycles. The summed E-state index contributed by atoms with van der Waals surface area (Å²) in [5, 5.41) is 3.67. The summed E-state index contributed by atoms with van der Waals surface area (Å²) in [7, 11) is 0. The second-order valence-corrected chi connectivity index (χ2v) is 5.48. The van der Waals surface area contributed by atoms with Crippen LogP contribution in [0.3, 0.4) is 0 Å². The summed E-state index contributed by atoms with van der Waals surface area (Å²) < 4.78 is 0. The largest absolute Gasteiger partial charge is 0.350 e. The summed E-state index contributed by atoms with van der Waals surface area (Å²) in [4.78, 5) is 11.8. The average molecular weight is 267 g/mol. The van der Waals surface area contributed by atoms with Crippen molar-refractivity contribution in [3.63, 3.8) is 0 Å². The molecule has 1 saturated carbocycles. The van der Waals surface area contributed by atoms with Crippen LogP contribution in [-0.4, -0.2) is 11.9 Å². The van der Waals surface area contributed by atoms with Gasteiger partial charge in [0.25, 0.3) is 0 Å². The molecule has 2 atom stereocenters. The summed E-state index contributed by atoms with van der Waals surface area (Å²) in [6, 6.07) is 7.51. The first kappa shape index (κ1) is 13.4. The van der Waals surface area contributed by atoms with Crippen molar-refractivity contribution in [2.75, 3.05) is 0 Å². The van der Waals surface area contributed by atoms with Gasteiger partial charge in [-0.15, -0.1) is 0 Å². The van der Waals surface area contributed by atoms with Gasteiger partial charge in [-0.2, -0.15) is 0 Å². The van der Waals surface area contributed by atoms with E-state index in [4.69, 9.17) is 17.3 Å². The number of benzene rings is 1. The number of hydrogen-bond donors (Lipinski definition) is 2. The van der Waals surface area contributed by atoms with Crippen LogP contribution < -0.4 is 11.1 Å². The summed E-state index contributed by atoms with van der Waals surface area (Å²) in [6.07, 6.45) is 2.75. The summed E-state index contributed by atoms with van der Waals surface area (Å²) in [6.45, 7) is 1.96. The van der Waals surface area contributed by atoms with Gasteiger partial charge in [0.05, 0.1) is 6.04 Å². The number of rotatable bonds is 5. The number of nitrogens with two attached hydrogens (primary N) is 1. The van der Waals surface area contributed by atoms with Gasteiger partial charge in [-0.3, -0.25) is 4.79 Å². The highest BCUT2D eigenvalue weighted by molar-refractivity contribution is 6.30. The predicted octanol–water partition coefficient (Wildman–Crippen LogP) is 2.64. The van der Waals surface area contributed by atoms with Crippen LogP contribution in [0, 0.1) is 5.92 Å². The molecule has 1 aliphatic rings. The lowest BCUT2D eigenvalue weighted by atomic mass is 10.1. The van der Waals surface area contributed by atoms with Gasteiger partial charge in [0.15, 0.2) is 0 Å². The van der Waals surface area contributed by atoms with E-state index in [0.717, 1.165) is 5.56 Å². The summed E-state index contributed by atoms with van der Waals surface area (Å²) >= 11 is 5.83. The SMILES string of the molecule is C[C@H](NC(=O)CC(N)C1CC1)c1ccc(Cl)cc1. The third-order valence-electron chi connectivity index (χ3n) is 3.40. The van der Waals surface area contributed by atoms with Gasteiger partial charge in [-0.25, -0.2) is 0 Å². The minimum atomic E-state index is -0.0128. The number of nitrogens with one attached hydrogen (secondary N) is 1. The first-order valence-corrected chi connectivity index (χ1v) is 6.74. The van der Waals surface area contributed by atoms with Gasteiger partial charge in [0, 0.05) is 17.5 Å².